The first kappa shape index (κ1) is 25.2. The van der Waals surface area contributed by atoms with Crippen LogP contribution in [0, 0.1) is 5.82 Å². The molecule has 3 heterocycles. The fraction of sp³-hybridized carbons (Fsp3) is 0.296. The Bertz CT molecular complexity index is 1420. The number of benzene rings is 2. The quantitative estimate of drug-likeness (QED) is 0.288. The Kier molecular flexibility index (Phi) is 7.66. The van der Waals surface area contributed by atoms with Gasteiger partial charge in [0, 0.05) is 44.2 Å². The van der Waals surface area contributed by atoms with Crippen LogP contribution in [0.2, 0.25) is 0 Å². The van der Waals surface area contributed by atoms with Crippen LogP contribution < -0.4 is 15.4 Å². The third-order valence-corrected chi connectivity index (χ3v) is 7.03. The summed E-state index contributed by atoms with van der Waals surface area (Å²) in [5.41, 5.74) is 2.50. The molecule has 2 aromatic heterocycles. The molecule has 37 heavy (non-hydrogen) atoms. The topological polar surface area (TPSA) is 84.3 Å². The molecular weight excluding hydrogens is 539 g/mol. The molecule has 0 unspecified atom stereocenters. The maximum absolute atomic E-state index is 13.9. The average molecular weight is 567 g/mol. The summed E-state index contributed by atoms with van der Waals surface area (Å²) in [6.07, 6.45) is 5.30. The third-order valence-electron chi connectivity index (χ3n) is 6.39. The highest BCUT2D eigenvalue weighted by atomic mass is 79.9. The SMILES string of the molecule is Cn1c(Nc2ccc(Br)c(F)c2)nc2cc(Oc3ccnc(C(=O)NCCN4CCCCC4)c3)ccc21. The summed E-state index contributed by atoms with van der Waals surface area (Å²) in [7, 11) is 1.88. The second-order valence-corrected chi connectivity index (χ2v) is 9.89. The second-order valence-electron chi connectivity index (χ2n) is 9.04. The lowest BCUT2D eigenvalue weighted by molar-refractivity contribution is 0.0941. The fourth-order valence-electron chi connectivity index (χ4n) is 4.39. The number of ether oxygens (including phenoxy) is 1. The highest BCUT2D eigenvalue weighted by molar-refractivity contribution is 9.10. The highest BCUT2D eigenvalue weighted by Crippen LogP contribution is 2.29. The number of rotatable bonds is 8. The Hall–Kier alpha value is -3.50. The number of hydrogen-bond donors (Lipinski definition) is 2. The number of hydrogen-bond acceptors (Lipinski definition) is 6. The summed E-state index contributed by atoms with van der Waals surface area (Å²) in [4.78, 5) is 23.8. The smallest absolute Gasteiger partial charge is 0.270 e. The molecule has 0 saturated carbocycles. The summed E-state index contributed by atoms with van der Waals surface area (Å²) >= 11 is 3.17. The van der Waals surface area contributed by atoms with Crippen LogP contribution in [0.15, 0.2) is 59.2 Å². The van der Waals surface area contributed by atoms with E-state index in [0.29, 0.717) is 45.4 Å². The molecule has 0 spiro atoms. The van der Waals surface area contributed by atoms with Crippen LogP contribution in [-0.2, 0) is 7.05 Å². The molecule has 1 aliphatic heterocycles. The first-order valence-electron chi connectivity index (χ1n) is 12.3. The number of aromatic nitrogens is 3. The zero-order valence-corrected chi connectivity index (χ0v) is 22.1. The number of fused-ring (bicyclic) bond motifs is 1. The van der Waals surface area contributed by atoms with Crippen LogP contribution in [0.25, 0.3) is 11.0 Å². The molecule has 4 aromatic rings. The number of piperidine rings is 1. The van der Waals surface area contributed by atoms with Gasteiger partial charge in [0.05, 0.1) is 15.5 Å². The standard InChI is InChI=1S/C27H28BrFN6O2/c1-34-25-8-6-19(16-23(25)33-27(34)32-18-5-7-21(28)22(29)15-18)37-20-9-10-30-24(17-20)26(36)31-11-14-35-12-3-2-4-13-35/h5-10,15-17H,2-4,11-14H2,1H3,(H,31,36)(H,32,33). The lowest BCUT2D eigenvalue weighted by atomic mass is 10.1. The predicted octanol–water partition coefficient (Wildman–Crippen LogP) is 5.62. The molecule has 0 radical (unpaired) electrons. The minimum Gasteiger partial charge on any atom is -0.457 e. The number of carbonyl (C=O) groups excluding carboxylic acids is 1. The Morgan fingerprint density at radius 1 is 1.08 bits per heavy atom. The molecule has 0 bridgehead atoms. The predicted molar refractivity (Wildman–Crippen MR) is 145 cm³/mol. The van der Waals surface area contributed by atoms with Gasteiger partial charge in [-0.15, -0.1) is 0 Å². The van der Waals surface area contributed by atoms with E-state index >= 15 is 0 Å². The van der Waals surface area contributed by atoms with E-state index in [1.807, 2.05) is 29.8 Å². The van der Waals surface area contributed by atoms with Gasteiger partial charge >= 0.3 is 0 Å². The number of halogens is 2. The molecular formula is C27H28BrFN6O2. The summed E-state index contributed by atoms with van der Waals surface area (Å²) in [6, 6.07) is 13.7. The maximum Gasteiger partial charge on any atom is 0.270 e. The van der Waals surface area contributed by atoms with Crippen LogP contribution >= 0.6 is 15.9 Å². The lowest BCUT2D eigenvalue weighted by Crippen LogP contribution is -2.37. The van der Waals surface area contributed by atoms with Gasteiger partial charge in [-0.2, -0.15) is 0 Å². The molecule has 10 heteroatoms. The van der Waals surface area contributed by atoms with Crippen molar-refractivity contribution >= 4 is 44.5 Å². The number of anilines is 2. The number of carbonyl (C=O) groups is 1. The van der Waals surface area contributed by atoms with Crippen molar-refractivity contribution in [3.63, 3.8) is 0 Å². The molecule has 192 valence electrons. The van der Waals surface area contributed by atoms with Crippen LogP contribution in [0.4, 0.5) is 16.0 Å². The van der Waals surface area contributed by atoms with Crippen molar-refractivity contribution in [1.29, 1.82) is 0 Å². The largest absolute Gasteiger partial charge is 0.457 e. The molecule has 1 saturated heterocycles. The van der Waals surface area contributed by atoms with Crippen molar-refractivity contribution in [3.05, 3.63) is 70.7 Å². The maximum atomic E-state index is 13.9. The van der Waals surface area contributed by atoms with Crippen molar-refractivity contribution in [2.45, 2.75) is 19.3 Å². The Morgan fingerprint density at radius 2 is 1.89 bits per heavy atom. The van der Waals surface area contributed by atoms with Gasteiger partial charge in [-0.05, 0) is 78.3 Å². The van der Waals surface area contributed by atoms with Crippen LogP contribution in [0.3, 0.4) is 0 Å². The van der Waals surface area contributed by atoms with E-state index in [2.05, 4.69) is 41.4 Å². The Morgan fingerprint density at radius 3 is 2.70 bits per heavy atom. The van der Waals surface area contributed by atoms with Crippen molar-refractivity contribution in [2.24, 2.45) is 7.05 Å². The third kappa shape index (κ3) is 6.08. The van der Waals surface area contributed by atoms with Crippen LogP contribution in [0.5, 0.6) is 11.5 Å². The summed E-state index contributed by atoms with van der Waals surface area (Å²) in [5.74, 6) is 1.08. The number of imidazole rings is 1. The molecule has 8 nitrogen and oxygen atoms in total. The number of amides is 1. The van der Waals surface area contributed by atoms with Gasteiger partial charge in [-0.1, -0.05) is 6.42 Å². The molecule has 0 atom stereocenters. The first-order chi connectivity index (χ1) is 18.0. The van der Waals surface area contributed by atoms with E-state index in [1.54, 1.807) is 30.5 Å². The molecule has 5 rings (SSSR count). The molecule has 2 aromatic carbocycles. The van der Waals surface area contributed by atoms with Crippen molar-refractivity contribution in [1.82, 2.24) is 24.8 Å². The zero-order valence-electron chi connectivity index (χ0n) is 20.5. The molecule has 1 amide bonds. The molecule has 1 fully saturated rings. The van der Waals surface area contributed by atoms with E-state index in [1.165, 1.54) is 25.3 Å². The lowest BCUT2D eigenvalue weighted by Gasteiger charge is -2.26. The zero-order chi connectivity index (χ0) is 25.8. The minimum atomic E-state index is -0.355. The molecule has 2 N–H and O–H groups in total. The van der Waals surface area contributed by atoms with Gasteiger partial charge in [0.2, 0.25) is 5.95 Å². The number of pyridine rings is 1. The highest BCUT2D eigenvalue weighted by Gasteiger charge is 2.14. The summed E-state index contributed by atoms with van der Waals surface area (Å²) in [5, 5.41) is 6.10. The number of nitrogens with one attached hydrogen (secondary N) is 2. The monoisotopic (exact) mass is 566 g/mol. The fourth-order valence-corrected chi connectivity index (χ4v) is 4.64. The number of nitrogens with zero attached hydrogens (tertiary/aromatic N) is 4. The van der Waals surface area contributed by atoms with Gasteiger partial charge in [-0.3, -0.25) is 9.78 Å². The second kappa shape index (κ2) is 11.3. The van der Waals surface area contributed by atoms with Gasteiger partial charge in [0.15, 0.2) is 0 Å². The first-order valence-corrected chi connectivity index (χ1v) is 13.1. The Balaban J connectivity index is 1.24. The minimum absolute atomic E-state index is 0.220. The summed E-state index contributed by atoms with van der Waals surface area (Å²) < 4.78 is 22.2. The van der Waals surface area contributed by atoms with Gasteiger partial charge < -0.3 is 24.8 Å². The van der Waals surface area contributed by atoms with E-state index in [0.717, 1.165) is 25.2 Å². The van der Waals surface area contributed by atoms with Gasteiger partial charge in [-0.25, -0.2) is 9.37 Å². The van der Waals surface area contributed by atoms with Crippen molar-refractivity contribution in [3.8, 4) is 11.5 Å². The van der Waals surface area contributed by atoms with Gasteiger partial charge in [0.1, 0.15) is 23.0 Å². The van der Waals surface area contributed by atoms with Gasteiger partial charge in [0.25, 0.3) is 5.91 Å². The van der Waals surface area contributed by atoms with Crippen LogP contribution in [0.1, 0.15) is 29.8 Å². The molecule has 0 aliphatic carbocycles. The Labute approximate surface area is 223 Å². The normalized spacial score (nSPS) is 14.0. The average Bonchev–Trinajstić information content (AvgIpc) is 3.21. The van der Waals surface area contributed by atoms with E-state index in [9.17, 15) is 9.18 Å². The number of aryl methyl sites for hydroxylation is 1. The summed E-state index contributed by atoms with van der Waals surface area (Å²) in [6.45, 7) is 3.63. The number of likely N-dealkylation sites (tertiary alicyclic amines) is 1. The van der Waals surface area contributed by atoms with Crippen LogP contribution in [-0.4, -0.2) is 51.5 Å². The van der Waals surface area contributed by atoms with E-state index < -0.39 is 0 Å². The van der Waals surface area contributed by atoms with E-state index in [-0.39, 0.29) is 11.7 Å². The van der Waals surface area contributed by atoms with Crippen molar-refractivity contribution in [2.75, 3.05) is 31.5 Å². The molecule has 1 aliphatic rings. The van der Waals surface area contributed by atoms with E-state index in [4.69, 9.17) is 4.74 Å². The van der Waals surface area contributed by atoms with Crippen molar-refractivity contribution < 1.29 is 13.9 Å².